The average Bonchev–Trinajstić information content (AvgIpc) is 3.32. The van der Waals surface area contributed by atoms with Crippen molar-refractivity contribution in [3.63, 3.8) is 0 Å². The van der Waals surface area contributed by atoms with Crippen LogP contribution in [0.15, 0.2) is 47.5 Å². The molecule has 1 unspecified atom stereocenters. The minimum atomic E-state index is -0.126. The van der Waals surface area contributed by atoms with Crippen LogP contribution in [0.25, 0.3) is 0 Å². The van der Waals surface area contributed by atoms with Gasteiger partial charge in [0.2, 0.25) is 5.91 Å². The standard InChI is InChI=1S/C25H34N4O3.HI/c1-4-19-6-5-7-22(13-19)29-24(30)15-28-25(26-3)27-14-21-9-8-18(2)12-23(21)32-17-20-10-11-31-16-20;/h5-9,12-13,20H,4,10-11,14-17H2,1-3H3,(H,29,30)(H2,26,27,28);1H. The second-order valence-corrected chi connectivity index (χ2v) is 8.03. The molecule has 1 fully saturated rings. The summed E-state index contributed by atoms with van der Waals surface area (Å²) in [7, 11) is 1.69. The number of halogens is 1. The summed E-state index contributed by atoms with van der Waals surface area (Å²) in [5.41, 5.74) is 4.18. The Morgan fingerprint density at radius 1 is 1.21 bits per heavy atom. The van der Waals surface area contributed by atoms with E-state index in [1.54, 1.807) is 7.05 Å². The minimum Gasteiger partial charge on any atom is -0.493 e. The lowest BCUT2D eigenvalue weighted by Gasteiger charge is -2.17. The predicted molar refractivity (Wildman–Crippen MR) is 144 cm³/mol. The van der Waals surface area contributed by atoms with Crippen LogP contribution in [0.4, 0.5) is 5.69 Å². The van der Waals surface area contributed by atoms with Gasteiger partial charge in [-0.3, -0.25) is 9.79 Å². The second-order valence-electron chi connectivity index (χ2n) is 8.03. The van der Waals surface area contributed by atoms with E-state index in [-0.39, 0.29) is 36.4 Å². The maximum atomic E-state index is 12.3. The number of rotatable bonds is 9. The summed E-state index contributed by atoms with van der Waals surface area (Å²) in [6.07, 6.45) is 1.97. The van der Waals surface area contributed by atoms with Gasteiger partial charge in [-0.2, -0.15) is 0 Å². The highest BCUT2D eigenvalue weighted by molar-refractivity contribution is 14.0. The normalized spacial score (nSPS) is 15.5. The van der Waals surface area contributed by atoms with E-state index in [0.717, 1.165) is 48.6 Å². The van der Waals surface area contributed by atoms with Crippen LogP contribution in [0.5, 0.6) is 5.75 Å². The molecule has 0 aromatic heterocycles. The highest BCUT2D eigenvalue weighted by atomic mass is 127. The van der Waals surface area contributed by atoms with E-state index < -0.39 is 0 Å². The largest absolute Gasteiger partial charge is 0.493 e. The molecule has 0 spiro atoms. The monoisotopic (exact) mass is 566 g/mol. The van der Waals surface area contributed by atoms with E-state index in [9.17, 15) is 4.79 Å². The summed E-state index contributed by atoms with van der Waals surface area (Å²) >= 11 is 0. The first-order chi connectivity index (χ1) is 15.6. The van der Waals surface area contributed by atoms with Gasteiger partial charge in [-0.15, -0.1) is 24.0 Å². The van der Waals surface area contributed by atoms with Gasteiger partial charge in [-0.25, -0.2) is 0 Å². The first-order valence-electron chi connectivity index (χ1n) is 11.2. The molecule has 3 N–H and O–H groups in total. The number of hydrogen-bond acceptors (Lipinski definition) is 4. The summed E-state index contributed by atoms with van der Waals surface area (Å²) in [6, 6.07) is 14.1. The summed E-state index contributed by atoms with van der Waals surface area (Å²) < 4.78 is 11.5. The molecule has 2 aromatic carbocycles. The summed E-state index contributed by atoms with van der Waals surface area (Å²) in [4.78, 5) is 16.5. The van der Waals surface area contributed by atoms with Gasteiger partial charge in [0.1, 0.15) is 5.75 Å². The zero-order valence-corrected chi connectivity index (χ0v) is 22.0. The van der Waals surface area contributed by atoms with Gasteiger partial charge in [0.25, 0.3) is 0 Å². The third-order valence-corrected chi connectivity index (χ3v) is 5.43. The lowest BCUT2D eigenvalue weighted by atomic mass is 10.1. The predicted octanol–water partition coefficient (Wildman–Crippen LogP) is 3.89. The fourth-order valence-corrected chi connectivity index (χ4v) is 3.50. The lowest BCUT2D eigenvalue weighted by molar-refractivity contribution is -0.115. The maximum absolute atomic E-state index is 12.3. The molecule has 1 saturated heterocycles. The van der Waals surface area contributed by atoms with Crippen LogP contribution in [-0.4, -0.2) is 45.3 Å². The van der Waals surface area contributed by atoms with Gasteiger partial charge in [-0.05, 0) is 49.1 Å². The molecule has 8 heteroatoms. The minimum absolute atomic E-state index is 0. The molecule has 1 atom stereocenters. The number of nitrogens with one attached hydrogen (secondary N) is 3. The fraction of sp³-hybridized carbons (Fsp3) is 0.440. The highest BCUT2D eigenvalue weighted by Gasteiger charge is 2.17. The van der Waals surface area contributed by atoms with E-state index in [2.05, 4.69) is 53.0 Å². The molecule has 1 aliphatic rings. The number of benzene rings is 2. The Labute approximate surface area is 213 Å². The maximum Gasteiger partial charge on any atom is 0.243 e. The van der Waals surface area contributed by atoms with Crippen molar-refractivity contribution in [3.8, 4) is 5.75 Å². The quantitative estimate of drug-likeness (QED) is 0.244. The number of aryl methyl sites for hydroxylation is 2. The molecular formula is C25H35IN4O3. The van der Waals surface area contributed by atoms with Crippen LogP contribution in [0.2, 0.25) is 0 Å². The van der Waals surface area contributed by atoms with Crippen molar-refractivity contribution in [2.24, 2.45) is 10.9 Å². The van der Waals surface area contributed by atoms with Crippen molar-refractivity contribution in [1.29, 1.82) is 0 Å². The van der Waals surface area contributed by atoms with Crippen LogP contribution >= 0.6 is 24.0 Å². The number of amides is 1. The topological polar surface area (TPSA) is 84.0 Å². The smallest absolute Gasteiger partial charge is 0.243 e. The number of ether oxygens (including phenoxy) is 2. The number of guanidine groups is 1. The SMILES string of the molecule is CCc1cccc(NC(=O)CNC(=NC)NCc2ccc(C)cc2OCC2CCOC2)c1.I. The first-order valence-corrected chi connectivity index (χ1v) is 11.2. The molecule has 0 radical (unpaired) electrons. The van der Waals surface area contributed by atoms with E-state index in [0.29, 0.717) is 25.0 Å². The Morgan fingerprint density at radius 3 is 2.79 bits per heavy atom. The molecule has 3 rings (SSSR count). The molecule has 7 nitrogen and oxygen atoms in total. The summed E-state index contributed by atoms with van der Waals surface area (Å²) in [5.74, 6) is 1.74. The van der Waals surface area contributed by atoms with Crippen molar-refractivity contribution in [3.05, 3.63) is 59.2 Å². The molecule has 180 valence electrons. The second kappa shape index (κ2) is 14.0. The van der Waals surface area contributed by atoms with Crippen molar-refractivity contribution in [2.75, 3.05) is 38.7 Å². The Hall–Kier alpha value is -2.33. The van der Waals surface area contributed by atoms with Crippen LogP contribution < -0.4 is 20.7 Å². The van der Waals surface area contributed by atoms with Crippen LogP contribution in [-0.2, 0) is 22.5 Å². The van der Waals surface area contributed by atoms with Crippen LogP contribution in [0.3, 0.4) is 0 Å². The summed E-state index contributed by atoms with van der Waals surface area (Å²) in [5, 5.41) is 9.24. The Balaban J connectivity index is 0.00000385. The molecule has 2 aromatic rings. The fourth-order valence-electron chi connectivity index (χ4n) is 3.50. The molecule has 33 heavy (non-hydrogen) atoms. The van der Waals surface area contributed by atoms with E-state index in [1.807, 2.05) is 24.3 Å². The number of hydrogen-bond donors (Lipinski definition) is 3. The Kier molecular flexibility index (Phi) is 11.5. The number of anilines is 1. The van der Waals surface area contributed by atoms with Gasteiger partial charge in [0.05, 0.1) is 19.8 Å². The summed E-state index contributed by atoms with van der Waals surface area (Å²) in [6.45, 7) is 7.04. The van der Waals surface area contributed by atoms with E-state index in [4.69, 9.17) is 9.47 Å². The van der Waals surface area contributed by atoms with Gasteiger partial charge in [-0.1, -0.05) is 31.2 Å². The lowest BCUT2D eigenvalue weighted by Crippen LogP contribution is -2.41. The van der Waals surface area contributed by atoms with Gasteiger partial charge < -0.3 is 25.4 Å². The van der Waals surface area contributed by atoms with Crippen molar-refractivity contribution < 1.29 is 14.3 Å². The Morgan fingerprint density at radius 2 is 2.06 bits per heavy atom. The number of aliphatic imine (C=N–C) groups is 1. The molecule has 0 saturated carbocycles. The first kappa shape index (κ1) is 26.9. The van der Waals surface area contributed by atoms with E-state index in [1.165, 1.54) is 5.56 Å². The third kappa shape index (κ3) is 8.85. The Bertz CT molecular complexity index is 930. The van der Waals surface area contributed by atoms with Crippen LogP contribution in [0.1, 0.15) is 30.0 Å². The highest BCUT2D eigenvalue weighted by Crippen LogP contribution is 2.22. The zero-order valence-electron chi connectivity index (χ0n) is 19.6. The van der Waals surface area contributed by atoms with Gasteiger partial charge in [0, 0.05) is 37.4 Å². The third-order valence-electron chi connectivity index (χ3n) is 5.43. The molecule has 0 aliphatic carbocycles. The van der Waals surface area contributed by atoms with Crippen LogP contribution in [0, 0.1) is 12.8 Å². The van der Waals surface area contributed by atoms with Crippen molar-refractivity contribution in [1.82, 2.24) is 10.6 Å². The van der Waals surface area contributed by atoms with Gasteiger partial charge in [0.15, 0.2) is 5.96 Å². The number of carbonyl (C=O) groups is 1. The van der Waals surface area contributed by atoms with Crippen molar-refractivity contribution in [2.45, 2.75) is 33.2 Å². The zero-order chi connectivity index (χ0) is 22.8. The average molecular weight is 566 g/mol. The van der Waals surface area contributed by atoms with Gasteiger partial charge >= 0.3 is 0 Å². The molecule has 1 heterocycles. The molecule has 1 amide bonds. The molecular weight excluding hydrogens is 531 g/mol. The number of nitrogens with zero attached hydrogens (tertiary/aromatic N) is 1. The molecule has 1 aliphatic heterocycles. The van der Waals surface area contributed by atoms with Crippen molar-refractivity contribution >= 4 is 41.5 Å². The number of carbonyl (C=O) groups excluding carboxylic acids is 1. The van der Waals surface area contributed by atoms with E-state index >= 15 is 0 Å². The molecule has 0 bridgehead atoms.